The Bertz CT molecular complexity index is 658. The van der Waals surface area contributed by atoms with E-state index in [-0.39, 0.29) is 6.10 Å². The lowest BCUT2D eigenvalue weighted by Crippen LogP contribution is -2.09. The van der Waals surface area contributed by atoms with Crippen molar-refractivity contribution in [2.75, 3.05) is 5.43 Å². The first-order valence-corrected chi connectivity index (χ1v) is 9.07. The van der Waals surface area contributed by atoms with Crippen molar-refractivity contribution in [3.05, 3.63) is 36.8 Å². The van der Waals surface area contributed by atoms with Crippen LogP contribution in [0.5, 0.6) is 5.75 Å². The molecule has 0 saturated heterocycles. The van der Waals surface area contributed by atoms with Gasteiger partial charge in [0, 0.05) is 15.4 Å². The van der Waals surface area contributed by atoms with E-state index in [1.807, 2.05) is 38.3 Å². The Morgan fingerprint density at radius 3 is 2.86 bits per heavy atom. The lowest BCUT2D eigenvalue weighted by Gasteiger charge is -2.14. The molecule has 2 rings (SSSR count). The highest BCUT2D eigenvalue weighted by atomic mass is 127. The predicted octanol–water partition coefficient (Wildman–Crippen LogP) is 5.05. The lowest BCUT2D eigenvalue weighted by molar-refractivity contribution is 0.240. The zero-order valence-electron chi connectivity index (χ0n) is 11.9. The van der Waals surface area contributed by atoms with E-state index >= 15 is 0 Å². The zero-order valence-corrected chi connectivity index (χ0v) is 16.4. The van der Waals surface area contributed by atoms with Gasteiger partial charge in [-0.3, -0.25) is 5.43 Å². The number of ether oxygens (including phenoxy) is 1. The van der Waals surface area contributed by atoms with Gasteiger partial charge in [-0.05, 0) is 55.5 Å². The Morgan fingerprint density at radius 1 is 1.48 bits per heavy atom. The number of hydrazone groups is 1. The third-order valence-corrected chi connectivity index (χ3v) is 4.50. The molecule has 0 spiro atoms. The minimum Gasteiger partial charge on any atom is -0.489 e. The Labute approximate surface area is 150 Å². The summed E-state index contributed by atoms with van der Waals surface area (Å²) in [4.78, 5) is 4.30. The summed E-state index contributed by atoms with van der Waals surface area (Å²) in [5.74, 6) is 0.842. The standard InChI is InChI=1S/C14H15BrIN3OS/c1-8(2)20-13-10(4-11(15)5-12(13)16)6-17-19-14-18-9(3)7-21-14/h4-8H,1-3H3,(H,18,19). The van der Waals surface area contributed by atoms with Crippen LogP contribution in [0.1, 0.15) is 25.1 Å². The van der Waals surface area contributed by atoms with Gasteiger partial charge in [-0.25, -0.2) is 4.98 Å². The van der Waals surface area contributed by atoms with E-state index < -0.39 is 0 Å². The first kappa shape index (κ1) is 16.7. The van der Waals surface area contributed by atoms with Crippen LogP contribution in [0.15, 0.2) is 27.1 Å². The van der Waals surface area contributed by atoms with Crippen LogP contribution in [-0.2, 0) is 0 Å². The first-order chi connectivity index (χ1) is 9.95. The maximum atomic E-state index is 5.88. The van der Waals surface area contributed by atoms with Gasteiger partial charge in [0.25, 0.3) is 0 Å². The first-order valence-electron chi connectivity index (χ1n) is 6.32. The highest BCUT2D eigenvalue weighted by Gasteiger charge is 2.10. The van der Waals surface area contributed by atoms with Gasteiger partial charge in [-0.15, -0.1) is 11.3 Å². The molecule has 0 saturated carbocycles. The Hall–Kier alpha value is -0.670. The number of nitrogens with one attached hydrogen (secondary N) is 1. The molecule has 0 aliphatic rings. The van der Waals surface area contributed by atoms with Crippen LogP contribution >= 0.6 is 49.9 Å². The largest absolute Gasteiger partial charge is 0.489 e. The molecule has 2 aromatic rings. The van der Waals surface area contributed by atoms with Crippen molar-refractivity contribution >= 4 is 61.2 Å². The molecule has 1 aromatic carbocycles. The molecule has 21 heavy (non-hydrogen) atoms. The Morgan fingerprint density at radius 2 is 2.24 bits per heavy atom. The quantitative estimate of drug-likeness (QED) is 0.370. The maximum absolute atomic E-state index is 5.88. The van der Waals surface area contributed by atoms with Gasteiger partial charge < -0.3 is 4.74 Å². The number of anilines is 1. The van der Waals surface area contributed by atoms with Crippen LogP contribution in [0.25, 0.3) is 0 Å². The topological polar surface area (TPSA) is 46.5 Å². The summed E-state index contributed by atoms with van der Waals surface area (Å²) in [7, 11) is 0. The van der Waals surface area contributed by atoms with Gasteiger partial charge >= 0.3 is 0 Å². The fourth-order valence-corrected chi connectivity index (χ4v) is 3.91. The third kappa shape index (κ3) is 4.93. The van der Waals surface area contributed by atoms with Crippen molar-refractivity contribution in [1.29, 1.82) is 0 Å². The average molecular weight is 480 g/mol. The molecule has 1 aromatic heterocycles. The summed E-state index contributed by atoms with van der Waals surface area (Å²) in [6, 6.07) is 4.01. The molecule has 0 bridgehead atoms. The third-order valence-electron chi connectivity index (χ3n) is 2.37. The van der Waals surface area contributed by atoms with Crippen LogP contribution in [0.2, 0.25) is 0 Å². The molecular weight excluding hydrogens is 465 g/mol. The minimum atomic E-state index is 0.112. The Balaban J connectivity index is 2.21. The van der Waals surface area contributed by atoms with Gasteiger partial charge in [0.2, 0.25) is 5.13 Å². The minimum absolute atomic E-state index is 0.112. The van der Waals surface area contributed by atoms with Crippen LogP contribution in [-0.4, -0.2) is 17.3 Å². The molecule has 0 fully saturated rings. The second-order valence-electron chi connectivity index (χ2n) is 4.64. The zero-order chi connectivity index (χ0) is 15.4. The summed E-state index contributed by atoms with van der Waals surface area (Å²) >= 11 is 7.29. The molecule has 0 atom stereocenters. The number of benzene rings is 1. The van der Waals surface area contributed by atoms with Gasteiger partial charge in [0.1, 0.15) is 5.75 Å². The number of nitrogens with zero attached hydrogens (tertiary/aromatic N) is 2. The number of halogens is 2. The highest BCUT2D eigenvalue weighted by Crippen LogP contribution is 2.29. The van der Waals surface area contributed by atoms with E-state index in [0.717, 1.165) is 30.2 Å². The van der Waals surface area contributed by atoms with Crippen molar-refractivity contribution in [2.24, 2.45) is 5.10 Å². The molecule has 1 heterocycles. The molecular formula is C14H15BrIN3OS. The molecule has 0 aliphatic carbocycles. The molecule has 0 amide bonds. The number of hydrogen-bond donors (Lipinski definition) is 1. The van der Waals surface area contributed by atoms with E-state index in [1.54, 1.807) is 6.21 Å². The number of thiazole rings is 1. The second-order valence-corrected chi connectivity index (χ2v) is 7.57. The van der Waals surface area contributed by atoms with Crippen molar-refractivity contribution < 1.29 is 4.74 Å². The molecule has 1 N–H and O–H groups in total. The molecule has 4 nitrogen and oxygen atoms in total. The summed E-state index contributed by atoms with van der Waals surface area (Å²) in [6.45, 7) is 5.97. The summed E-state index contributed by atoms with van der Waals surface area (Å²) in [5.41, 5.74) is 4.84. The fourth-order valence-electron chi connectivity index (χ4n) is 1.60. The molecule has 7 heteroatoms. The molecule has 0 unspecified atom stereocenters. The normalized spacial score (nSPS) is 11.3. The molecule has 0 aliphatic heterocycles. The maximum Gasteiger partial charge on any atom is 0.203 e. The van der Waals surface area contributed by atoms with Crippen molar-refractivity contribution in [3.63, 3.8) is 0 Å². The Kier molecular flexibility index (Phi) is 6.00. The monoisotopic (exact) mass is 479 g/mol. The van der Waals surface area contributed by atoms with Crippen molar-refractivity contribution in [1.82, 2.24) is 4.98 Å². The van der Waals surface area contributed by atoms with Gasteiger partial charge in [-0.1, -0.05) is 15.9 Å². The lowest BCUT2D eigenvalue weighted by atomic mass is 10.2. The van der Waals surface area contributed by atoms with E-state index in [1.165, 1.54) is 11.3 Å². The van der Waals surface area contributed by atoms with E-state index in [9.17, 15) is 0 Å². The second kappa shape index (κ2) is 7.55. The predicted molar refractivity (Wildman–Crippen MR) is 101 cm³/mol. The van der Waals surface area contributed by atoms with Crippen LogP contribution < -0.4 is 10.2 Å². The van der Waals surface area contributed by atoms with E-state index in [2.05, 4.69) is 54.0 Å². The van der Waals surface area contributed by atoms with Crippen LogP contribution in [0, 0.1) is 10.5 Å². The van der Waals surface area contributed by atoms with Gasteiger partial charge in [0.05, 0.1) is 21.6 Å². The summed E-state index contributed by atoms with van der Waals surface area (Å²) in [5, 5.41) is 7.00. The number of hydrogen-bond acceptors (Lipinski definition) is 5. The summed E-state index contributed by atoms with van der Waals surface area (Å²) < 4.78 is 7.92. The van der Waals surface area contributed by atoms with Gasteiger partial charge in [0.15, 0.2) is 0 Å². The number of aryl methyl sites for hydroxylation is 1. The van der Waals surface area contributed by atoms with Crippen molar-refractivity contribution in [2.45, 2.75) is 26.9 Å². The average Bonchev–Trinajstić information content (AvgIpc) is 2.79. The molecule has 0 radical (unpaired) electrons. The van der Waals surface area contributed by atoms with E-state index in [4.69, 9.17) is 4.74 Å². The fraction of sp³-hybridized carbons (Fsp3) is 0.286. The van der Waals surface area contributed by atoms with Crippen LogP contribution in [0.3, 0.4) is 0 Å². The number of rotatable bonds is 5. The van der Waals surface area contributed by atoms with Crippen molar-refractivity contribution in [3.8, 4) is 5.75 Å². The SMILES string of the molecule is Cc1csc(NN=Cc2cc(Br)cc(I)c2OC(C)C)n1. The highest BCUT2D eigenvalue weighted by molar-refractivity contribution is 14.1. The number of aromatic nitrogens is 1. The van der Waals surface area contributed by atoms with E-state index in [0.29, 0.717) is 0 Å². The molecule has 112 valence electrons. The summed E-state index contributed by atoms with van der Waals surface area (Å²) in [6.07, 6.45) is 1.86. The van der Waals surface area contributed by atoms with Crippen LogP contribution in [0.4, 0.5) is 5.13 Å². The van der Waals surface area contributed by atoms with Gasteiger partial charge in [-0.2, -0.15) is 5.10 Å². The smallest absolute Gasteiger partial charge is 0.203 e.